The van der Waals surface area contributed by atoms with Gasteiger partial charge in [0, 0.05) is 231 Å². The molecule has 24 heteroatoms. The molecule has 6 N–H and O–H groups in total. The molecule has 766 valence electrons. The normalized spacial score (nSPS) is 22.1. The zero-order chi connectivity index (χ0) is 97.8. The number of hydrogen-bond donors (Lipinski definition) is 6. The summed E-state index contributed by atoms with van der Waals surface area (Å²) in [5.74, 6) is 2.78. The standard InChI is InChI=1S/C15H30N2.C14H22N2.3C11H24N2O.C10H19N3.C10H22N2.C9H20N2.C8H17NO.C7H15NO/c1-15(2,3)17-11-7-14(8-12-17)13-5-9-16(4)10-6-13;1-14(2,3)16-10-6-13(7-11-16)12-4-8-15-9-5-12;1-11(2,3)13-7-5-12(6-8-13)9-10-14-4;1-11(2,3)13-8-6-12(7-9-13)5-4-10-14;1-11(2,3)12-5-4-6-13-7-9-14-10-8-13;1-10(2,3)12-5-4-7-13-8-6-11-9-13;1-10(2,3)12-7-5-6-11(4)8-9-12;1-9(2,3)11-7-4-5-10-6-8-11;1-8(2,3)9-5-4-7(10)6-9;1-7(2,3)8-4-6(9)5-8/h13-14H,5-12H2,1-4H3;4-5,8-9,13H,6-7,10-11H2,1-3H3;5-10H2,1-4H3;14H,4-10H2,1-3H3;12H,4-10H2,1-3H3;6,8-9,12H,4-5,7H2,1-3H3;5-9H2,1-4H3;10H,4-8H2,1-3H3;7,10H,4-6H2,1-3H3;6,9H,4-5H2,1-3H3. The number of nitrogens with one attached hydrogen (secondary N) is 3. The van der Waals surface area contributed by atoms with Crippen molar-refractivity contribution in [1.82, 2.24) is 94.2 Å². The number of likely N-dealkylation sites (tertiary alicyclic amines) is 5. The molecule has 1 atom stereocenters. The number of aliphatic hydroxyl groups is 3. The number of likely N-dealkylation sites (N-methyl/N-ethyl adjacent to an activating group) is 1. The lowest BCUT2D eigenvalue weighted by Crippen LogP contribution is -2.58. The lowest BCUT2D eigenvalue weighted by atomic mass is 9.78. The van der Waals surface area contributed by atoms with E-state index < -0.39 is 0 Å². The molecule has 10 saturated heterocycles. The van der Waals surface area contributed by atoms with Crippen molar-refractivity contribution in [3.8, 4) is 0 Å². The van der Waals surface area contributed by atoms with Crippen LogP contribution in [0.4, 0.5) is 0 Å². The molecule has 2 aromatic rings. The summed E-state index contributed by atoms with van der Waals surface area (Å²) in [5.41, 5.74) is 4.47. The molecule has 24 nitrogen and oxygen atoms in total. The Balaban J connectivity index is 0.000000374. The van der Waals surface area contributed by atoms with Crippen LogP contribution < -0.4 is 16.0 Å². The van der Waals surface area contributed by atoms with Crippen LogP contribution in [-0.4, -0.2) is 425 Å². The third kappa shape index (κ3) is 55.3. The summed E-state index contributed by atoms with van der Waals surface area (Å²) in [6.07, 6.45) is 24.5. The second-order valence-electron chi connectivity index (χ2n) is 49.1. The van der Waals surface area contributed by atoms with Gasteiger partial charge in [-0.05, 0) is 419 Å². The Bertz CT molecular complexity index is 2990. The molecule has 0 spiro atoms. The van der Waals surface area contributed by atoms with E-state index in [1.54, 1.807) is 7.11 Å². The van der Waals surface area contributed by atoms with Crippen molar-refractivity contribution in [2.75, 3.05) is 264 Å². The quantitative estimate of drug-likeness (QED) is 0.0870. The average Bonchev–Trinajstić information content (AvgIpc) is 0.949. The SMILES string of the molecule is CC(C)(C)N1CC(O)C1.CC(C)(C)N1CCC(O)C1.CC(C)(C)N1CCC(c2ccncc2)CC1.CC(C)(C)N1CCCNCC1.CC(C)(C)N1CCN(CCCO)CC1.CC(C)(C)NCCCN1CCOCC1.CC(C)(C)NCCCn1ccnc1.CN1CCC(C2CCN(C(C)(C)C)CC2)CC1.CN1CCCN(C(C)(C)C)CC1.COCCN1CCN(C(C)(C)C)CC1. The molecule has 10 aliphatic heterocycles. The minimum atomic E-state index is -0.0841. The Morgan fingerprint density at radius 1 is 0.377 bits per heavy atom. The smallest absolute Gasteiger partial charge is 0.0945 e. The van der Waals surface area contributed by atoms with Crippen molar-refractivity contribution in [3.63, 3.8) is 0 Å². The Kier molecular flexibility index (Phi) is 56.6. The van der Waals surface area contributed by atoms with E-state index in [4.69, 9.17) is 19.7 Å². The number of pyridine rings is 1. The molecule has 10 aliphatic rings. The zero-order valence-electron chi connectivity index (χ0n) is 91.6. The first-order valence-corrected chi connectivity index (χ1v) is 52.0. The molecule has 0 saturated carbocycles. The number of piperazine rings is 2. The first-order valence-electron chi connectivity index (χ1n) is 52.0. The number of imidazole rings is 1. The Labute approximate surface area is 803 Å². The van der Waals surface area contributed by atoms with Gasteiger partial charge in [0.05, 0.1) is 38.4 Å². The second-order valence-corrected chi connectivity index (χ2v) is 49.1. The van der Waals surface area contributed by atoms with Crippen molar-refractivity contribution in [2.24, 2.45) is 11.8 Å². The van der Waals surface area contributed by atoms with Crippen LogP contribution in [-0.2, 0) is 16.0 Å². The number of piperidine rings is 3. The van der Waals surface area contributed by atoms with Gasteiger partial charge in [-0.2, -0.15) is 0 Å². The maximum Gasteiger partial charge on any atom is 0.0945 e. The number of ether oxygens (including phenoxy) is 2. The second kappa shape index (κ2) is 60.5. The summed E-state index contributed by atoms with van der Waals surface area (Å²) < 4.78 is 12.5. The van der Waals surface area contributed by atoms with Gasteiger partial charge in [-0.1, -0.05) is 0 Å². The van der Waals surface area contributed by atoms with E-state index in [1.807, 2.05) is 31.1 Å². The van der Waals surface area contributed by atoms with Gasteiger partial charge in [0.2, 0.25) is 0 Å². The van der Waals surface area contributed by atoms with Crippen molar-refractivity contribution in [3.05, 3.63) is 48.8 Å². The highest BCUT2D eigenvalue weighted by Gasteiger charge is 2.36. The number of hydrogen-bond acceptors (Lipinski definition) is 23. The molecule has 10 fully saturated rings. The fraction of sp³-hybridized carbons (Fsp3) is 0.925. The number of methoxy groups -OCH3 is 1. The molecule has 0 radical (unpaired) electrons. The van der Waals surface area contributed by atoms with Crippen molar-refractivity contribution in [1.29, 1.82) is 0 Å². The molecular formula is C106H217N19O5. The predicted molar refractivity (Wildman–Crippen MR) is 557 cm³/mol. The van der Waals surface area contributed by atoms with E-state index in [-0.39, 0.29) is 34.4 Å². The molecule has 1 unspecified atom stereocenters. The molecule has 0 amide bonds. The highest BCUT2D eigenvalue weighted by molar-refractivity contribution is 5.17. The van der Waals surface area contributed by atoms with E-state index in [2.05, 4.69) is 328 Å². The van der Waals surface area contributed by atoms with E-state index >= 15 is 0 Å². The number of rotatable bonds is 16. The molecule has 12 heterocycles. The van der Waals surface area contributed by atoms with E-state index in [0.717, 1.165) is 162 Å². The topological polar surface area (TPSA) is 188 Å². The van der Waals surface area contributed by atoms with Gasteiger partial charge in [0.1, 0.15) is 0 Å². The number of aromatic nitrogens is 3. The molecular weight excluding hydrogens is 1620 g/mol. The van der Waals surface area contributed by atoms with Gasteiger partial charge in [-0.3, -0.25) is 54.0 Å². The number of nitrogens with zero attached hydrogens (tertiary/aromatic N) is 16. The van der Waals surface area contributed by atoms with Crippen molar-refractivity contribution < 1.29 is 24.8 Å². The number of aryl methyl sites for hydroxylation is 1. The molecule has 2 aromatic heterocycles. The fourth-order valence-corrected chi connectivity index (χ4v) is 18.2. The van der Waals surface area contributed by atoms with Crippen LogP contribution in [0.15, 0.2) is 43.2 Å². The average molecular weight is 1840 g/mol. The van der Waals surface area contributed by atoms with Crippen LogP contribution in [0.3, 0.4) is 0 Å². The maximum atomic E-state index is 9.22. The lowest BCUT2D eigenvalue weighted by molar-refractivity contribution is -0.0485. The van der Waals surface area contributed by atoms with Crippen LogP contribution in [0.2, 0.25) is 0 Å². The maximum absolute atomic E-state index is 9.22. The molecule has 130 heavy (non-hydrogen) atoms. The highest BCUT2D eigenvalue weighted by atomic mass is 16.5. The molecule has 0 bridgehead atoms. The van der Waals surface area contributed by atoms with Crippen LogP contribution >= 0.6 is 0 Å². The van der Waals surface area contributed by atoms with E-state index in [1.165, 1.54) is 181 Å². The zero-order valence-corrected chi connectivity index (χ0v) is 91.6. The molecule has 12 rings (SSSR count). The summed E-state index contributed by atoms with van der Waals surface area (Å²) >= 11 is 0. The first-order chi connectivity index (χ1) is 60.4. The monoisotopic (exact) mass is 1840 g/mol. The van der Waals surface area contributed by atoms with Gasteiger partial charge >= 0.3 is 0 Å². The van der Waals surface area contributed by atoms with Gasteiger partial charge < -0.3 is 60.0 Å². The summed E-state index contributed by atoms with van der Waals surface area (Å²) in [6.45, 7) is 110. The summed E-state index contributed by atoms with van der Waals surface area (Å²) in [7, 11) is 6.25. The minimum Gasteiger partial charge on any atom is -0.396 e. The number of morpholine rings is 1. The van der Waals surface area contributed by atoms with Crippen LogP contribution in [0.1, 0.15) is 296 Å². The predicted octanol–water partition coefficient (Wildman–Crippen LogP) is 14.3. The Hall–Kier alpha value is -2.48. The summed E-state index contributed by atoms with van der Waals surface area (Å²) in [6, 6.07) is 4.33. The van der Waals surface area contributed by atoms with Crippen molar-refractivity contribution in [2.45, 2.75) is 365 Å². The minimum absolute atomic E-state index is 0.0655. The van der Waals surface area contributed by atoms with Gasteiger partial charge in [-0.15, -0.1) is 0 Å². The van der Waals surface area contributed by atoms with E-state index in [0.29, 0.717) is 39.8 Å². The molecule has 0 aromatic carbocycles. The first kappa shape index (κ1) is 122. The van der Waals surface area contributed by atoms with Crippen LogP contribution in [0, 0.1) is 11.8 Å². The number of aliphatic hydroxyl groups excluding tert-OH is 3. The van der Waals surface area contributed by atoms with Gasteiger partial charge in [0.25, 0.3) is 0 Å². The third-order valence-corrected chi connectivity index (χ3v) is 27.5. The van der Waals surface area contributed by atoms with Crippen molar-refractivity contribution >= 4 is 0 Å². The van der Waals surface area contributed by atoms with Crippen LogP contribution in [0.5, 0.6) is 0 Å². The Morgan fingerprint density at radius 2 is 0.762 bits per heavy atom. The lowest BCUT2D eigenvalue weighted by Gasteiger charge is -2.45. The molecule has 0 aliphatic carbocycles. The Morgan fingerprint density at radius 3 is 1.17 bits per heavy atom. The van der Waals surface area contributed by atoms with E-state index in [9.17, 15) is 5.11 Å². The highest BCUT2D eigenvalue weighted by Crippen LogP contribution is 2.35. The number of β-amino-alcohol motifs (C(OH)–C–C–N with tert-alkyl or cyclic N) is 2. The van der Waals surface area contributed by atoms with Gasteiger partial charge in [-0.25, -0.2) is 4.98 Å². The summed E-state index contributed by atoms with van der Waals surface area (Å²) in [5, 5.41) is 37.3. The van der Waals surface area contributed by atoms with Gasteiger partial charge in [0.15, 0.2) is 0 Å². The fourth-order valence-electron chi connectivity index (χ4n) is 18.2. The van der Waals surface area contributed by atoms with Crippen LogP contribution in [0.25, 0.3) is 0 Å². The largest absolute Gasteiger partial charge is 0.396 e. The summed E-state index contributed by atoms with van der Waals surface area (Å²) in [4.78, 5) is 40.4. The third-order valence-electron chi connectivity index (χ3n) is 27.5.